The number of nitrogens with one attached hydrogen (secondary N) is 2. The maximum Gasteiger partial charge on any atom is 0.275 e. The summed E-state index contributed by atoms with van der Waals surface area (Å²) >= 11 is 13.3. The van der Waals surface area contributed by atoms with E-state index in [1.54, 1.807) is 35.7 Å². The highest BCUT2D eigenvalue weighted by Gasteiger charge is 2.19. The van der Waals surface area contributed by atoms with E-state index in [-0.39, 0.29) is 10.6 Å². The highest BCUT2D eigenvalue weighted by molar-refractivity contribution is 7.90. The number of nitrogens with zero attached hydrogens (tertiary/aromatic N) is 2. The van der Waals surface area contributed by atoms with Gasteiger partial charge in [-0.2, -0.15) is 0 Å². The van der Waals surface area contributed by atoms with Crippen molar-refractivity contribution < 1.29 is 13.2 Å². The zero-order valence-electron chi connectivity index (χ0n) is 15.9. The third-order valence-corrected chi connectivity index (χ3v) is 7.44. The van der Waals surface area contributed by atoms with Crippen LogP contribution >= 0.6 is 34.5 Å². The number of rotatable bonds is 5. The first-order chi connectivity index (χ1) is 14.8. The van der Waals surface area contributed by atoms with Crippen LogP contribution in [0.15, 0.2) is 57.7 Å². The van der Waals surface area contributed by atoms with Gasteiger partial charge in [-0.25, -0.2) is 13.4 Å². The van der Waals surface area contributed by atoms with Crippen LogP contribution in [0.25, 0.3) is 10.6 Å². The van der Waals surface area contributed by atoms with Gasteiger partial charge in [0.15, 0.2) is 0 Å². The summed E-state index contributed by atoms with van der Waals surface area (Å²) in [5.74, 6) is -0.00280. The van der Waals surface area contributed by atoms with Crippen molar-refractivity contribution in [2.24, 2.45) is 4.99 Å². The van der Waals surface area contributed by atoms with Gasteiger partial charge in [-0.3, -0.25) is 14.5 Å². The Morgan fingerprint density at radius 3 is 2.68 bits per heavy atom. The van der Waals surface area contributed by atoms with E-state index < -0.39 is 15.9 Å². The molecule has 2 heterocycles. The number of halogens is 2. The van der Waals surface area contributed by atoms with E-state index in [2.05, 4.69) is 20.0 Å². The van der Waals surface area contributed by atoms with E-state index in [1.807, 2.05) is 0 Å². The molecule has 7 nitrogen and oxygen atoms in total. The zero-order valence-corrected chi connectivity index (χ0v) is 19.1. The van der Waals surface area contributed by atoms with Crippen LogP contribution in [0.3, 0.4) is 0 Å². The lowest BCUT2D eigenvalue weighted by Crippen LogP contribution is -2.29. The zero-order chi connectivity index (χ0) is 22.0. The monoisotopic (exact) mass is 494 g/mol. The summed E-state index contributed by atoms with van der Waals surface area (Å²) in [7, 11) is -3.78. The van der Waals surface area contributed by atoms with Crippen LogP contribution in [0, 0.1) is 0 Å². The Balaban J connectivity index is 1.50. The molecule has 4 rings (SSSR count). The minimum absolute atomic E-state index is 0.0367. The van der Waals surface area contributed by atoms with E-state index in [0.717, 1.165) is 12.0 Å². The van der Waals surface area contributed by atoms with Crippen LogP contribution < -0.4 is 10.0 Å². The molecule has 0 aliphatic carbocycles. The van der Waals surface area contributed by atoms with Crippen molar-refractivity contribution in [3.63, 3.8) is 0 Å². The largest absolute Gasteiger partial charge is 0.321 e. The summed E-state index contributed by atoms with van der Waals surface area (Å²) in [5, 5.41) is 5.75. The number of amides is 1. The molecule has 2 N–H and O–H groups in total. The van der Waals surface area contributed by atoms with E-state index in [4.69, 9.17) is 23.2 Å². The highest BCUT2D eigenvalue weighted by Crippen LogP contribution is 2.30. The average Bonchev–Trinajstić information content (AvgIpc) is 3.42. The Kier molecular flexibility index (Phi) is 6.29. The molecule has 1 aliphatic heterocycles. The quantitative estimate of drug-likeness (QED) is 0.529. The molecule has 2 aromatic carbocycles. The van der Waals surface area contributed by atoms with Crippen LogP contribution in [0.5, 0.6) is 0 Å². The third kappa shape index (κ3) is 5.07. The van der Waals surface area contributed by atoms with Gasteiger partial charge in [0.1, 0.15) is 16.5 Å². The van der Waals surface area contributed by atoms with Crippen molar-refractivity contribution in [2.45, 2.75) is 17.7 Å². The Labute approximate surface area is 193 Å². The summed E-state index contributed by atoms with van der Waals surface area (Å²) in [6, 6.07) is 11.1. The second-order valence-electron chi connectivity index (χ2n) is 6.69. The number of thiazole rings is 1. The number of carbonyl (C=O) groups excluding carboxylic acids is 1. The molecular weight excluding hydrogens is 479 g/mol. The minimum atomic E-state index is -3.78. The molecule has 0 fully saturated rings. The van der Waals surface area contributed by atoms with Crippen molar-refractivity contribution in [1.82, 2.24) is 9.71 Å². The molecule has 31 heavy (non-hydrogen) atoms. The Morgan fingerprint density at radius 1 is 1.10 bits per heavy atom. The summed E-state index contributed by atoms with van der Waals surface area (Å²) in [6.45, 7) is 0.617. The smallest absolute Gasteiger partial charge is 0.275 e. The van der Waals surface area contributed by atoms with Gasteiger partial charge in [0.25, 0.3) is 15.9 Å². The van der Waals surface area contributed by atoms with E-state index in [9.17, 15) is 13.2 Å². The molecule has 0 unspecified atom stereocenters. The summed E-state index contributed by atoms with van der Waals surface area (Å²) in [4.78, 5) is 21.1. The number of aromatic nitrogens is 1. The first-order valence-electron chi connectivity index (χ1n) is 9.20. The topological polar surface area (TPSA) is 101 Å². The molecule has 1 amide bonds. The highest BCUT2D eigenvalue weighted by atomic mass is 35.5. The van der Waals surface area contributed by atoms with Gasteiger partial charge >= 0.3 is 0 Å². The predicted molar refractivity (Wildman–Crippen MR) is 124 cm³/mol. The SMILES string of the molecule is O=C(Nc1cccc(S(=O)(=O)NC2=NCCC2)c1)c1csc(-c2ccc(Cl)c(Cl)c2)n1. The lowest BCUT2D eigenvalue weighted by atomic mass is 10.2. The Bertz CT molecular complexity index is 1290. The van der Waals surface area contributed by atoms with Gasteiger partial charge in [-0.15, -0.1) is 11.3 Å². The summed E-state index contributed by atoms with van der Waals surface area (Å²) in [6.07, 6.45) is 1.42. The maximum atomic E-state index is 12.6. The van der Waals surface area contributed by atoms with E-state index >= 15 is 0 Å². The van der Waals surface area contributed by atoms with Crippen LogP contribution in [-0.4, -0.2) is 31.7 Å². The summed E-state index contributed by atoms with van der Waals surface area (Å²) < 4.78 is 27.6. The van der Waals surface area contributed by atoms with Gasteiger partial charge < -0.3 is 5.32 Å². The van der Waals surface area contributed by atoms with Crippen LogP contribution in [0.1, 0.15) is 23.3 Å². The molecule has 0 saturated heterocycles. The number of hydrogen-bond donors (Lipinski definition) is 2. The number of sulfonamides is 1. The van der Waals surface area contributed by atoms with Crippen molar-refractivity contribution in [1.29, 1.82) is 0 Å². The fourth-order valence-electron chi connectivity index (χ4n) is 2.91. The number of amidine groups is 1. The first kappa shape index (κ1) is 21.8. The summed E-state index contributed by atoms with van der Waals surface area (Å²) in [5.41, 5.74) is 1.29. The normalized spacial score (nSPS) is 13.7. The fourth-order valence-corrected chi connectivity index (χ4v) is 5.14. The maximum absolute atomic E-state index is 12.6. The van der Waals surface area contributed by atoms with Gasteiger partial charge in [-0.1, -0.05) is 35.3 Å². The van der Waals surface area contributed by atoms with Crippen molar-refractivity contribution in [3.05, 3.63) is 63.6 Å². The van der Waals surface area contributed by atoms with Crippen molar-refractivity contribution >= 4 is 62.0 Å². The molecule has 0 saturated carbocycles. The molecule has 3 aromatic rings. The molecule has 1 aliphatic rings. The lowest BCUT2D eigenvalue weighted by molar-refractivity contribution is 0.102. The van der Waals surface area contributed by atoms with Gasteiger partial charge in [0.05, 0.1) is 14.9 Å². The third-order valence-electron chi connectivity index (χ3n) is 4.43. The average molecular weight is 495 g/mol. The molecule has 0 spiro atoms. The molecule has 0 radical (unpaired) electrons. The second-order valence-corrected chi connectivity index (χ2v) is 10.0. The number of anilines is 1. The molecule has 11 heteroatoms. The van der Waals surface area contributed by atoms with Gasteiger partial charge in [0, 0.05) is 29.6 Å². The Morgan fingerprint density at radius 2 is 1.94 bits per heavy atom. The van der Waals surface area contributed by atoms with E-state index in [1.165, 1.54) is 23.5 Å². The first-order valence-corrected chi connectivity index (χ1v) is 12.3. The molecular formula is C20H16Cl2N4O3S2. The molecule has 0 bridgehead atoms. The molecule has 0 atom stereocenters. The number of aliphatic imine (C=N–C) groups is 1. The minimum Gasteiger partial charge on any atom is -0.321 e. The number of carbonyl (C=O) groups is 1. The molecule has 1 aromatic heterocycles. The lowest BCUT2D eigenvalue weighted by Gasteiger charge is -2.09. The van der Waals surface area contributed by atoms with Gasteiger partial charge in [-0.05, 0) is 36.8 Å². The van der Waals surface area contributed by atoms with Gasteiger partial charge in [0.2, 0.25) is 0 Å². The standard InChI is InChI=1S/C20H16Cl2N4O3S2/c21-15-7-6-12(9-16(15)22)20-25-17(11-30-20)19(27)24-13-3-1-4-14(10-13)31(28,29)26-18-5-2-8-23-18/h1,3-4,6-7,9-11H,2,5,8H2,(H,23,26)(H,24,27). The fraction of sp³-hybridized carbons (Fsp3) is 0.150. The molecule has 160 valence electrons. The van der Waals surface area contributed by atoms with Crippen LogP contribution in [-0.2, 0) is 10.0 Å². The van der Waals surface area contributed by atoms with Crippen LogP contribution in [0.2, 0.25) is 10.0 Å². The van der Waals surface area contributed by atoms with Crippen LogP contribution in [0.4, 0.5) is 5.69 Å². The Hall–Kier alpha value is -2.46. The van der Waals surface area contributed by atoms with E-state index in [0.29, 0.717) is 39.5 Å². The second kappa shape index (κ2) is 8.96. The van der Waals surface area contributed by atoms with Crippen molar-refractivity contribution in [2.75, 3.05) is 11.9 Å². The van der Waals surface area contributed by atoms with Crippen molar-refractivity contribution in [3.8, 4) is 10.6 Å². The predicted octanol–water partition coefficient (Wildman–Crippen LogP) is 4.84. The number of benzene rings is 2. The number of hydrogen-bond acceptors (Lipinski definition) is 6.